The van der Waals surface area contributed by atoms with Crippen LogP contribution in [0, 0.1) is 29.6 Å². The summed E-state index contributed by atoms with van der Waals surface area (Å²) in [5.74, 6) is -2.37. The third-order valence-electron chi connectivity index (χ3n) is 9.90. The summed E-state index contributed by atoms with van der Waals surface area (Å²) in [4.78, 5) is 58.2. The number of hydrogen-bond acceptors (Lipinski definition) is 7. The van der Waals surface area contributed by atoms with Crippen molar-refractivity contribution in [1.29, 1.82) is 0 Å². The number of nitrogens with one attached hydrogen (secondary N) is 2. The number of halogens is 4. The molecule has 48 heavy (non-hydrogen) atoms. The van der Waals surface area contributed by atoms with Crippen molar-refractivity contribution in [2.75, 3.05) is 16.8 Å². The molecule has 4 aliphatic rings. The van der Waals surface area contributed by atoms with Gasteiger partial charge in [-0.3, -0.25) is 24.1 Å². The van der Waals surface area contributed by atoms with Crippen LogP contribution in [0.3, 0.4) is 0 Å². The standard InChI is InChI=1S/C34H25ClF3N3O5S2/c35-16-8-10-18(11-9-16)41-31(43)26-20-13-21(27(26)32(41)44)28-25(20)24(29-30(47-28)40-33(45)48-29)19-6-1-2-7-22(19)46-14-23(42)39-17-5-3-4-15(12-17)34(36,37)38/h1-12,20-21,24-28H,13-14H2,(H,39,42)(H,40,45)/t20?,21?,24-,25?,26?,27?,28?/m1/s1. The molecule has 246 valence electrons. The molecule has 3 aromatic carbocycles. The third-order valence-corrected chi connectivity index (χ3v) is 12.7. The van der Waals surface area contributed by atoms with Crippen molar-refractivity contribution in [1.82, 2.24) is 4.98 Å². The number of aromatic nitrogens is 1. The predicted octanol–water partition coefficient (Wildman–Crippen LogP) is 6.80. The van der Waals surface area contributed by atoms with Crippen LogP contribution < -0.4 is 19.8 Å². The fourth-order valence-electron chi connectivity index (χ4n) is 8.19. The van der Waals surface area contributed by atoms with E-state index in [1.165, 1.54) is 17.0 Å². The van der Waals surface area contributed by atoms with Crippen LogP contribution in [0.5, 0.6) is 5.75 Å². The van der Waals surface area contributed by atoms with E-state index in [9.17, 15) is 32.3 Å². The monoisotopic (exact) mass is 711 g/mol. The Kier molecular flexibility index (Phi) is 7.49. The molecule has 1 aromatic heterocycles. The van der Waals surface area contributed by atoms with E-state index in [2.05, 4.69) is 10.3 Å². The summed E-state index contributed by atoms with van der Waals surface area (Å²) < 4.78 is 45.5. The van der Waals surface area contributed by atoms with Gasteiger partial charge in [0.1, 0.15) is 5.75 Å². The summed E-state index contributed by atoms with van der Waals surface area (Å²) in [5, 5.41) is 3.63. The smallest absolute Gasteiger partial charge is 0.416 e. The topological polar surface area (TPSA) is 109 Å². The normalized spacial score (nSPS) is 27.1. The molecule has 0 spiro atoms. The molecular formula is C34H25ClF3N3O5S2. The number of benzene rings is 3. The number of aromatic amines is 1. The highest BCUT2D eigenvalue weighted by atomic mass is 35.5. The lowest BCUT2D eigenvalue weighted by atomic mass is 9.68. The lowest BCUT2D eigenvalue weighted by molar-refractivity contribution is -0.137. The van der Waals surface area contributed by atoms with E-state index >= 15 is 0 Å². The molecule has 6 unspecified atom stereocenters. The quantitative estimate of drug-likeness (QED) is 0.213. The van der Waals surface area contributed by atoms with Gasteiger partial charge in [-0.2, -0.15) is 13.2 Å². The van der Waals surface area contributed by atoms with Crippen molar-refractivity contribution < 1.29 is 32.3 Å². The summed E-state index contributed by atoms with van der Waals surface area (Å²) in [6.07, 6.45) is -3.86. The molecule has 8 rings (SSSR count). The number of rotatable bonds is 6. The van der Waals surface area contributed by atoms with Crippen LogP contribution in [0.1, 0.15) is 28.3 Å². The van der Waals surface area contributed by atoms with Crippen molar-refractivity contribution in [3.63, 3.8) is 0 Å². The number of carbonyl (C=O) groups is 3. The first kappa shape index (κ1) is 31.2. The lowest BCUT2D eigenvalue weighted by Gasteiger charge is -2.43. The van der Waals surface area contributed by atoms with Crippen LogP contribution in [0.2, 0.25) is 5.02 Å². The highest BCUT2D eigenvalue weighted by Crippen LogP contribution is 2.69. The molecule has 3 fully saturated rings. The van der Waals surface area contributed by atoms with Gasteiger partial charge in [-0.1, -0.05) is 47.2 Å². The van der Waals surface area contributed by atoms with Gasteiger partial charge in [-0.25, -0.2) is 0 Å². The number of H-pyrrole nitrogens is 1. The van der Waals surface area contributed by atoms with Crippen molar-refractivity contribution >= 4 is 63.8 Å². The Balaban J connectivity index is 1.09. The lowest BCUT2D eigenvalue weighted by Crippen LogP contribution is -2.42. The van der Waals surface area contributed by atoms with Gasteiger partial charge >= 0.3 is 11.0 Å². The Hall–Kier alpha value is -4.07. The number of fused-ring (bicyclic) bond motifs is 9. The zero-order chi connectivity index (χ0) is 33.5. The van der Waals surface area contributed by atoms with E-state index in [1.807, 2.05) is 12.1 Å². The maximum Gasteiger partial charge on any atom is 0.416 e. The van der Waals surface area contributed by atoms with E-state index in [0.717, 1.165) is 38.9 Å². The van der Waals surface area contributed by atoms with Gasteiger partial charge in [0.25, 0.3) is 5.91 Å². The summed E-state index contributed by atoms with van der Waals surface area (Å²) in [6, 6.07) is 18.2. The Labute approximate surface area is 284 Å². The summed E-state index contributed by atoms with van der Waals surface area (Å²) in [7, 11) is 0. The molecule has 2 bridgehead atoms. The molecule has 2 N–H and O–H groups in total. The average molecular weight is 712 g/mol. The number of thiazole rings is 1. The Morgan fingerprint density at radius 2 is 1.71 bits per heavy atom. The van der Waals surface area contributed by atoms with E-state index in [-0.39, 0.29) is 51.3 Å². The first-order chi connectivity index (χ1) is 23.0. The summed E-state index contributed by atoms with van der Waals surface area (Å²) in [5.41, 5.74) is 0.317. The van der Waals surface area contributed by atoms with Crippen LogP contribution in [0.25, 0.3) is 0 Å². The number of hydrogen-bond donors (Lipinski definition) is 2. The van der Waals surface area contributed by atoms with Crippen LogP contribution in [0.15, 0.2) is 82.6 Å². The number of imide groups is 1. The number of para-hydroxylation sites is 1. The maximum absolute atomic E-state index is 14.0. The van der Waals surface area contributed by atoms with Gasteiger partial charge in [-0.05, 0) is 72.7 Å². The number of anilines is 2. The Morgan fingerprint density at radius 3 is 2.46 bits per heavy atom. The van der Waals surface area contributed by atoms with Gasteiger partial charge in [0, 0.05) is 32.3 Å². The molecule has 3 heterocycles. The fourth-order valence-corrected chi connectivity index (χ4v) is 11.2. The summed E-state index contributed by atoms with van der Waals surface area (Å²) in [6.45, 7) is -0.473. The second-order valence-corrected chi connectivity index (χ2v) is 15.0. The molecule has 2 saturated carbocycles. The molecular weight excluding hydrogens is 687 g/mol. The van der Waals surface area contributed by atoms with Crippen molar-refractivity contribution in [2.24, 2.45) is 29.6 Å². The van der Waals surface area contributed by atoms with Gasteiger partial charge in [0.15, 0.2) is 6.61 Å². The number of amides is 3. The second-order valence-electron chi connectivity index (χ2n) is 12.4. The molecule has 2 aliphatic carbocycles. The molecule has 1 saturated heterocycles. The van der Waals surface area contributed by atoms with Gasteiger partial charge in [0.2, 0.25) is 11.8 Å². The minimum atomic E-state index is -4.56. The Morgan fingerprint density at radius 1 is 0.979 bits per heavy atom. The SMILES string of the molecule is O=C(COc1ccccc1[C@H]1c2sc(=O)[nH]c2SC2C3CC(C4C(=O)N(c5ccc(Cl)cc5)C(=O)C34)C21)Nc1cccc(C(F)(F)F)c1. The number of alkyl halides is 3. The number of ether oxygens (including phenoxy) is 1. The molecule has 2 aliphatic heterocycles. The number of nitrogens with zero attached hydrogens (tertiary/aromatic N) is 1. The van der Waals surface area contributed by atoms with Crippen LogP contribution >= 0.6 is 34.7 Å². The molecule has 8 nitrogen and oxygen atoms in total. The largest absolute Gasteiger partial charge is 0.483 e. The van der Waals surface area contributed by atoms with Gasteiger partial charge in [-0.15, -0.1) is 11.8 Å². The first-order valence-corrected chi connectivity index (χ1v) is 17.3. The minimum absolute atomic E-state index is 0.0134. The van der Waals surface area contributed by atoms with E-state index in [4.69, 9.17) is 16.3 Å². The fraction of sp³-hybridized carbons (Fsp3) is 0.294. The van der Waals surface area contributed by atoms with E-state index in [0.29, 0.717) is 22.9 Å². The first-order valence-electron chi connectivity index (χ1n) is 15.2. The molecule has 3 amide bonds. The predicted molar refractivity (Wildman–Crippen MR) is 174 cm³/mol. The third kappa shape index (κ3) is 5.05. The van der Waals surface area contributed by atoms with E-state index in [1.54, 1.807) is 48.2 Å². The van der Waals surface area contributed by atoms with Crippen molar-refractivity contribution in [3.8, 4) is 5.75 Å². The van der Waals surface area contributed by atoms with Gasteiger partial charge < -0.3 is 15.0 Å². The minimum Gasteiger partial charge on any atom is -0.483 e. The second kappa shape index (κ2) is 11.5. The number of carbonyl (C=O) groups excluding carboxylic acids is 3. The maximum atomic E-state index is 14.0. The average Bonchev–Trinajstić information content (AvgIpc) is 3.79. The van der Waals surface area contributed by atoms with Crippen LogP contribution in [0.4, 0.5) is 24.5 Å². The van der Waals surface area contributed by atoms with E-state index < -0.39 is 36.1 Å². The van der Waals surface area contributed by atoms with Crippen molar-refractivity contribution in [2.45, 2.75) is 28.8 Å². The highest BCUT2D eigenvalue weighted by molar-refractivity contribution is 8.00. The zero-order valence-corrected chi connectivity index (χ0v) is 27.1. The van der Waals surface area contributed by atoms with Crippen LogP contribution in [-0.4, -0.2) is 34.6 Å². The molecule has 0 radical (unpaired) electrons. The Bertz CT molecular complexity index is 2030. The number of thioether (sulfide) groups is 1. The highest BCUT2D eigenvalue weighted by Gasteiger charge is 2.69. The molecule has 14 heteroatoms. The summed E-state index contributed by atoms with van der Waals surface area (Å²) >= 11 is 8.73. The van der Waals surface area contributed by atoms with Crippen LogP contribution in [-0.2, 0) is 20.6 Å². The molecule has 7 atom stereocenters. The zero-order valence-electron chi connectivity index (χ0n) is 24.7. The van der Waals surface area contributed by atoms with Gasteiger partial charge in [0.05, 0.1) is 28.1 Å². The van der Waals surface area contributed by atoms with Crippen molar-refractivity contribution in [3.05, 3.63) is 103 Å². The molecule has 4 aromatic rings.